The van der Waals surface area contributed by atoms with E-state index in [4.69, 9.17) is 5.11 Å². The van der Waals surface area contributed by atoms with E-state index < -0.39 is 29.5 Å². The summed E-state index contributed by atoms with van der Waals surface area (Å²) in [6.07, 6.45) is 0.321. The Morgan fingerprint density at radius 1 is 1.41 bits per heavy atom. The summed E-state index contributed by atoms with van der Waals surface area (Å²) in [5.74, 6) is -2.69. The first kappa shape index (κ1) is 14.1. The maximum atomic E-state index is 13.9. The van der Waals surface area contributed by atoms with Gasteiger partial charge in [-0.3, -0.25) is 9.59 Å². The van der Waals surface area contributed by atoms with E-state index in [0.29, 0.717) is 17.9 Å². The molecule has 2 atom stereocenters. The Bertz CT molecular complexity index is 760. The predicted molar refractivity (Wildman–Crippen MR) is 71.7 cm³/mol. The number of hydrogen-bond donors (Lipinski definition) is 2. The second kappa shape index (κ2) is 5.17. The molecule has 22 heavy (non-hydrogen) atoms. The van der Waals surface area contributed by atoms with E-state index in [-0.39, 0.29) is 5.69 Å². The SMILES string of the molecule is Cc1nnnn1-c1cc(NC(=O)C2CC2C(=O)O)ccc1F. The molecule has 0 radical (unpaired) electrons. The molecule has 9 heteroatoms. The van der Waals surface area contributed by atoms with Crippen LogP contribution in [-0.2, 0) is 9.59 Å². The van der Waals surface area contributed by atoms with E-state index >= 15 is 0 Å². The van der Waals surface area contributed by atoms with E-state index in [1.54, 1.807) is 6.92 Å². The molecule has 0 aliphatic heterocycles. The first-order valence-electron chi connectivity index (χ1n) is 6.56. The molecule has 2 aromatic rings. The molecule has 0 bridgehead atoms. The Balaban J connectivity index is 1.80. The van der Waals surface area contributed by atoms with Gasteiger partial charge in [-0.05, 0) is 42.0 Å². The fourth-order valence-electron chi connectivity index (χ4n) is 2.20. The lowest BCUT2D eigenvalue weighted by atomic mass is 10.2. The first-order valence-corrected chi connectivity index (χ1v) is 6.56. The normalized spacial score (nSPS) is 19.7. The van der Waals surface area contributed by atoms with Crippen molar-refractivity contribution in [2.24, 2.45) is 11.8 Å². The maximum Gasteiger partial charge on any atom is 0.307 e. The summed E-state index contributed by atoms with van der Waals surface area (Å²) < 4.78 is 15.1. The molecule has 1 aliphatic rings. The van der Waals surface area contributed by atoms with Gasteiger partial charge >= 0.3 is 5.97 Å². The van der Waals surface area contributed by atoms with Gasteiger partial charge in [0.2, 0.25) is 5.91 Å². The third kappa shape index (κ3) is 2.52. The summed E-state index contributed by atoms with van der Waals surface area (Å²) in [6, 6.07) is 3.98. The third-order valence-electron chi connectivity index (χ3n) is 3.51. The number of aliphatic carboxylic acids is 1. The van der Waals surface area contributed by atoms with Crippen LogP contribution in [0.3, 0.4) is 0 Å². The van der Waals surface area contributed by atoms with Crippen molar-refractivity contribution >= 4 is 17.6 Å². The number of carbonyl (C=O) groups is 2. The number of aromatic nitrogens is 4. The average Bonchev–Trinajstić information content (AvgIpc) is 3.18. The van der Waals surface area contributed by atoms with Crippen LogP contribution in [0.4, 0.5) is 10.1 Å². The number of carboxylic acid groups (broad SMARTS) is 1. The summed E-state index contributed by atoms with van der Waals surface area (Å²) in [5.41, 5.74) is 0.457. The van der Waals surface area contributed by atoms with Crippen molar-refractivity contribution in [3.63, 3.8) is 0 Å². The Hall–Kier alpha value is -2.84. The highest BCUT2D eigenvalue weighted by Gasteiger charge is 2.48. The van der Waals surface area contributed by atoms with E-state index in [0.717, 1.165) is 0 Å². The minimum Gasteiger partial charge on any atom is -0.481 e. The fraction of sp³-hybridized carbons (Fsp3) is 0.308. The molecule has 1 aromatic carbocycles. The summed E-state index contributed by atoms with van der Waals surface area (Å²) in [6.45, 7) is 1.62. The highest BCUT2D eigenvalue weighted by molar-refractivity contribution is 5.98. The minimum atomic E-state index is -0.982. The molecule has 0 spiro atoms. The number of nitrogens with one attached hydrogen (secondary N) is 1. The zero-order chi connectivity index (χ0) is 15.9. The van der Waals surface area contributed by atoms with Crippen LogP contribution >= 0.6 is 0 Å². The summed E-state index contributed by atoms with van der Waals surface area (Å²) in [4.78, 5) is 22.7. The van der Waals surface area contributed by atoms with Crippen LogP contribution in [0, 0.1) is 24.6 Å². The van der Waals surface area contributed by atoms with Gasteiger partial charge in [0.1, 0.15) is 11.5 Å². The van der Waals surface area contributed by atoms with E-state index in [1.807, 2.05) is 0 Å². The van der Waals surface area contributed by atoms with Crippen molar-refractivity contribution in [1.29, 1.82) is 0 Å². The summed E-state index contributed by atoms with van der Waals surface area (Å²) in [7, 11) is 0. The molecule has 1 heterocycles. The number of halogens is 1. The molecule has 2 N–H and O–H groups in total. The van der Waals surface area contributed by atoms with Gasteiger partial charge in [0, 0.05) is 5.69 Å². The lowest BCUT2D eigenvalue weighted by molar-refractivity contribution is -0.139. The third-order valence-corrected chi connectivity index (χ3v) is 3.51. The molecular weight excluding hydrogens is 293 g/mol. The van der Waals surface area contributed by atoms with E-state index in [1.165, 1.54) is 22.9 Å². The van der Waals surface area contributed by atoms with E-state index in [9.17, 15) is 14.0 Å². The van der Waals surface area contributed by atoms with Crippen molar-refractivity contribution in [2.45, 2.75) is 13.3 Å². The van der Waals surface area contributed by atoms with Gasteiger partial charge in [0.15, 0.2) is 5.82 Å². The maximum absolute atomic E-state index is 13.9. The Morgan fingerprint density at radius 2 is 2.18 bits per heavy atom. The number of carbonyl (C=O) groups excluding carboxylic acids is 1. The van der Waals surface area contributed by atoms with Gasteiger partial charge < -0.3 is 10.4 Å². The minimum absolute atomic E-state index is 0.103. The Morgan fingerprint density at radius 3 is 2.77 bits per heavy atom. The molecule has 1 aliphatic carbocycles. The number of aryl methyl sites for hydroxylation is 1. The van der Waals surface area contributed by atoms with Gasteiger partial charge in [-0.15, -0.1) is 5.10 Å². The fourth-order valence-corrected chi connectivity index (χ4v) is 2.20. The number of nitrogens with zero attached hydrogens (tertiary/aromatic N) is 4. The standard InChI is InChI=1S/C13H12FN5O3/c1-6-16-17-18-19(6)11-4-7(2-3-10(11)14)15-12(20)8-5-9(8)13(21)22/h2-4,8-9H,5H2,1H3,(H,15,20)(H,21,22). The Kier molecular flexibility index (Phi) is 3.32. The summed E-state index contributed by atoms with van der Waals surface area (Å²) >= 11 is 0. The molecule has 1 amide bonds. The molecular formula is C13H12FN5O3. The molecule has 2 unspecified atom stereocenters. The van der Waals surface area contributed by atoms with Gasteiger partial charge in [-0.25, -0.2) is 4.39 Å². The van der Waals surface area contributed by atoms with Gasteiger partial charge in [-0.1, -0.05) is 0 Å². The van der Waals surface area contributed by atoms with Crippen LogP contribution in [0.1, 0.15) is 12.2 Å². The van der Waals surface area contributed by atoms with Crippen LogP contribution in [0.5, 0.6) is 0 Å². The molecule has 1 aromatic heterocycles. The molecule has 114 valence electrons. The zero-order valence-electron chi connectivity index (χ0n) is 11.5. The smallest absolute Gasteiger partial charge is 0.307 e. The molecule has 1 fully saturated rings. The number of rotatable bonds is 4. The quantitative estimate of drug-likeness (QED) is 0.863. The van der Waals surface area contributed by atoms with Crippen molar-refractivity contribution in [3.8, 4) is 5.69 Å². The van der Waals surface area contributed by atoms with Crippen molar-refractivity contribution < 1.29 is 19.1 Å². The number of amides is 1. The van der Waals surface area contributed by atoms with Crippen molar-refractivity contribution in [1.82, 2.24) is 20.2 Å². The van der Waals surface area contributed by atoms with Gasteiger partial charge in [0.05, 0.1) is 11.8 Å². The van der Waals surface area contributed by atoms with Gasteiger partial charge in [0.25, 0.3) is 0 Å². The first-order chi connectivity index (χ1) is 10.5. The lowest BCUT2D eigenvalue weighted by Gasteiger charge is -2.08. The van der Waals surface area contributed by atoms with E-state index in [2.05, 4.69) is 20.8 Å². The number of carboxylic acids is 1. The predicted octanol–water partition coefficient (Wildman–Crippen LogP) is 0.769. The van der Waals surface area contributed by atoms with Crippen molar-refractivity contribution in [3.05, 3.63) is 29.8 Å². The number of anilines is 1. The second-order valence-electron chi connectivity index (χ2n) is 5.08. The molecule has 0 saturated heterocycles. The number of benzene rings is 1. The molecule has 1 saturated carbocycles. The monoisotopic (exact) mass is 305 g/mol. The highest BCUT2D eigenvalue weighted by Crippen LogP contribution is 2.39. The van der Waals surface area contributed by atoms with Crippen LogP contribution < -0.4 is 5.32 Å². The van der Waals surface area contributed by atoms with Gasteiger partial charge in [-0.2, -0.15) is 4.68 Å². The number of hydrogen-bond acceptors (Lipinski definition) is 5. The Labute approximate surface area is 123 Å². The largest absolute Gasteiger partial charge is 0.481 e. The summed E-state index contributed by atoms with van der Waals surface area (Å²) in [5, 5.41) is 22.2. The van der Waals surface area contributed by atoms with Crippen LogP contribution in [-0.4, -0.2) is 37.2 Å². The zero-order valence-corrected chi connectivity index (χ0v) is 11.5. The average molecular weight is 305 g/mol. The van der Waals surface area contributed by atoms with Crippen LogP contribution in [0.15, 0.2) is 18.2 Å². The topological polar surface area (TPSA) is 110 Å². The molecule has 3 rings (SSSR count). The number of tetrazole rings is 1. The van der Waals surface area contributed by atoms with Crippen molar-refractivity contribution in [2.75, 3.05) is 5.32 Å². The molecule has 8 nitrogen and oxygen atoms in total. The second-order valence-corrected chi connectivity index (χ2v) is 5.08. The van der Waals surface area contributed by atoms with Crippen LogP contribution in [0.2, 0.25) is 0 Å². The van der Waals surface area contributed by atoms with Crippen LogP contribution in [0.25, 0.3) is 5.69 Å². The lowest BCUT2D eigenvalue weighted by Crippen LogP contribution is -2.17. The highest BCUT2D eigenvalue weighted by atomic mass is 19.1.